The van der Waals surface area contributed by atoms with Crippen molar-refractivity contribution >= 4 is 22.9 Å². The Morgan fingerprint density at radius 3 is 2.71 bits per heavy atom. The Labute approximate surface area is 180 Å². The number of carbonyl (C=O) groups is 1. The Balaban J connectivity index is 1.54. The van der Waals surface area contributed by atoms with Crippen molar-refractivity contribution in [1.82, 2.24) is 9.88 Å². The van der Waals surface area contributed by atoms with Crippen molar-refractivity contribution in [3.8, 4) is 11.8 Å². The zero-order valence-corrected chi connectivity index (χ0v) is 17.2. The number of benzene rings is 2. The van der Waals surface area contributed by atoms with E-state index in [1.54, 1.807) is 24.3 Å². The molecule has 1 aliphatic carbocycles. The first-order valence-corrected chi connectivity index (χ1v) is 10.5. The fourth-order valence-corrected chi connectivity index (χ4v) is 4.03. The molecular formula is C25H24FN3O2. The van der Waals surface area contributed by atoms with Gasteiger partial charge in [-0.3, -0.25) is 4.79 Å². The third-order valence-electron chi connectivity index (χ3n) is 5.60. The maximum Gasteiger partial charge on any atom is 0.262 e. The number of halogens is 1. The van der Waals surface area contributed by atoms with Crippen molar-refractivity contribution in [2.45, 2.75) is 38.3 Å². The van der Waals surface area contributed by atoms with Gasteiger partial charge in [-0.2, -0.15) is 5.26 Å². The SMILES string of the molecule is N#CC(=Cc1cn(CCOc2ccccc2F)c2ccccc12)C(=O)NC1CCCC1. The van der Waals surface area contributed by atoms with E-state index in [-0.39, 0.29) is 29.9 Å². The predicted molar refractivity (Wildman–Crippen MR) is 118 cm³/mol. The Morgan fingerprint density at radius 2 is 1.94 bits per heavy atom. The van der Waals surface area contributed by atoms with Crippen molar-refractivity contribution in [3.05, 3.63) is 71.7 Å². The number of rotatable bonds is 7. The summed E-state index contributed by atoms with van der Waals surface area (Å²) in [6, 6.07) is 16.3. The standard InChI is InChI=1S/C25H24FN3O2/c26-22-10-4-6-12-24(22)31-14-13-29-17-19(21-9-3-5-11-23(21)29)15-18(16-27)25(30)28-20-7-1-2-8-20/h3-6,9-12,15,17,20H,1-2,7-8,13-14H2,(H,28,30). The molecule has 1 amide bonds. The number of ether oxygens (including phenoxy) is 1. The normalized spacial score (nSPS) is 14.5. The largest absolute Gasteiger partial charge is 0.489 e. The summed E-state index contributed by atoms with van der Waals surface area (Å²) < 4.78 is 21.3. The molecule has 3 aromatic rings. The minimum absolute atomic E-state index is 0.0948. The first-order chi connectivity index (χ1) is 15.2. The Morgan fingerprint density at radius 1 is 1.19 bits per heavy atom. The van der Waals surface area contributed by atoms with Crippen LogP contribution >= 0.6 is 0 Å². The quantitative estimate of drug-likeness (QED) is 0.442. The van der Waals surface area contributed by atoms with Gasteiger partial charge in [-0.15, -0.1) is 0 Å². The van der Waals surface area contributed by atoms with E-state index in [0.717, 1.165) is 42.1 Å². The number of para-hydroxylation sites is 2. The van der Waals surface area contributed by atoms with E-state index >= 15 is 0 Å². The number of carbonyl (C=O) groups excluding carboxylic acids is 1. The second-order valence-corrected chi connectivity index (χ2v) is 7.70. The number of aromatic nitrogens is 1. The average molecular weight is 417 g/mol. The molecule has 158 valence electrons. The summed E-state index contributed by atoms with van der Waals surface area (Å²) in [4.78, 5) is 12.6. The van der Waals surface area contributed by atoms with Crippen LogP contribution in [-0.4, -0.2) is 23.1 Å². The second-order valence-electron chi connectivity index (χ2n) is 7.70. The molecule has 1 fully saturated rings. The average Bonchev–Trinajstić information content (AvgIpc) is 3.41. The maximum absolute atomic E-state index is 13.8. The lowest BCUT2D eigenvalue weighted by Crippen LogP contribution is -2.33. The third kappa shape index (κ3) is 4.77. The Kier molecular flexibility index (Phi) is 6.32. The number of amides is 1. The summed E-state index contributed by atoms with van der Waals surface area (Å²) >= 11 is 0. The van der Waals surface area contributed by atoms with Crippen LogP contribution in [0.3, 0.4) is 0 Å². The van der Waals surface area contributed by atoms with Gasteiger partial charge in [-0.05, 0) is 37.1 Å². The summed E-state index contributed by atoms with van der Waals surface area (Å²) in [6.07, 6.45) is 7.69. The zero-order chi connectivity index (χ0) is 21.6. The van der Waals surface area contributed by atoms with Gasteiger partial charge in [-0.25, -0.2) is 4.39 Å². The van der Waals surface area contributed by atoms with E-state index < -0.39 is 5.82 Å². The van der Waals surface area contributed by atoms with E-state index in [9.17, 15) is 14.4 Å². The molecule has 2 aromatic carbocycles. The van der Waals surface area contributed by atoms with Gasteiger partial charge in [0, 0.05) is 28.7 Å². The summed E-state index contributed by atoms with van der Waals surface area (Å²) in [5.41, 5.74) is 1.84. The van der Waals surface area contributed by atoms with Gasteiger partial charge in [-0.1, -0.05) is 43.2 Å². The molecule has 1 N–H and O–H groups in total. The van der Waals surface area contributed by atoms with Crippen molar-refractivity contribution in [1.29, 1.82) is 5.26 Å². The lowest BCUT2D eigenvalue weighted by Gasteiger charge is -2.10. The minimum Gasteiger partial charge on any atom is -0.489 e. The molecule has 0 saturated heterocycles. The molecule has 0 unspecified atom stereocenters. The fourth-order valence-electron chi connectivity index (χ4n) is 4.03. The summed E-state index contributed by atoms with van der Waals surface area (Å²) in [6.45, 7) is 0.787. The monoisotopic (exact) mass is 417 g/mol. The van der Waals surface area contributed by atoms with Crippen LogP contribution in [0.1, 0.15) is 31.2 Å². The molecule has 31 heavy (non-hydrogen) atoms. The van der Waals surface area contributed by atoms with Crippen molar-refractivity contribution in [2.75, 3.05) is 6.61 Å². The Hall–Kier alpha value is -3.59. The van der Waals surface area contributed by atoms with Crippen LogP contribution in [0.15, 0.2) is 60.3 Å². The maximum atomic E-state index is 13.8. The molecule has 1 aliphatic rings. The fraction of sp³-hybridized carbons (Fsp3) is 0.280. The predicted octanol–water partition coefficient (Wildman–Crippen LogP) is 4.83. The molecule has 0 radical (unpaired) electrons. The molecule has 1 heterocycles. The lowest BCUT2D eigenvalue weighted by molar-refractivity contribution is -0.117. The van der Waals surface area contributed by atoms with Gasteiger partial charge in [0.05, 0.1) is 6.54 Å². The van der Waals surface area contributed by atoms with Crippen LogP contribution in [0.2, 0.25) is 0 Å². The number of hydrogen-bond acceptors (Lipinski definition) is 3. The number of hydrogen-bond donors (Lipinski definition) is 1. The van der Waals surface area contributed by atoms with Crippen LogP contribution in [0, 0.1) is 17.1 Å². The van der Waals surface area contributed by atoms with Crippen LogP contribution in [0.25, 0.3) is 17.0 Å². The second kappa shape index (κ2) is 9.48. The molecule has 0 spiro atoms. The van der Waals surface area contributed by atoms with Crippen molar-refractivity contribution < 1.29 is 13.9 Å². The molecule has 0 bridgehead atoms. The van der Waals surface area contributed by atoms with Crippen LogP contribution in [0.4, 0.5) is 4.39 Å². The highest BCUT2D eigenvalue weighted by Crippen LogP contribution is 2.24. The summed E-state index contributed by atoms with van der Waals surface area (Å²) in [5.74, 6) is -0.501. The number of nitriles is 1. The molecule has 1 saturated carbocycles. The van der Waals surface area contributed by atoms with Gasteiger partial charge in [0.15, 0.2) is 11.6 Å². The van der Waals surface area contributed by atoms with Crippen LogP contribution in [0.5, 0.6) is 5.75 Å². The molecule has 0 atom stereocenters. The van der Waals surface area contributed by atoms with E-state index in [4.69, 9.17) is 4.74 Å². The summed E-state index contributed by atoms with van der Waals surface area (Å²) in [5, 5.41) is 13.5. The van der Waals surface area contributed by atoms with Gasteiger partial charge in [0.25, 0.3) is 5.91 Å². The van der Waals surface area contributed by atoms with E-state index in [2.05, 4.69) is 5.32 Å². The first kappa shape index (κ1) is 20.7. The van der Waals surface area contributed by atoms with E-state index in [1.807, 2.05) is 41.1 Å². The smallest absolute Gasteiger partial charge is 0.262 e. The molecule has 6 heteroatoms. The van der Waals surface area contributed by atoms with Gasteiger partial charge < -0.3 is 14.6 Å². The number of nitrogens with zero attached hydrogens (tertiary/aromatic N) is 2. The number of fused-ring (bicyclic) bond motifs is 1. The topological polar surface area (TPSA) is 67.0 Å². The number of nitrogens with one attached hydrogen (secondary N) is 1. The zero-order valence-electron chi connectivity index (χ0n) is 17.2. The highest BCUT2D eigenvalue weighted by Gasteiger charge is 2.19. The molecule has 4 rings (SSSR count). The minimum atomic E-state index is -0.393. The molecule has 0 aliphatic heterocycles. The highest BCUT2D eigenvalue weighted by atomic mass is 19.1. The Bertz CT molecular complexity index is 1150. The van der Waals surface area contributed by atoms with E-state index in [1.165, 1.54) is 6.07 Å². The molecule has 1 aromatic heterocycles. The molecule has 5 nitrogen and oxygen atoms in total. The highest BCUT2D eigenvalue weighted by molar-refractivity contribution is 6.04. The van der Waals surface area contributed by atoms with Crippen molar-refractivity contribution in [3.63, 3.8) is 0 Å². The van der Waals surface area contributed by atoms with Gasteiger partial charge in [0.2, 0.25) is 0 Å². The van der Waals surface area contributed by atoms with Crippen molar-refractivity contribution in [2.24, 2.45) is 0 Å². The summed E-state index contributed by atoms with van der Waals surface area (Å²) in [7, 11) is 0. The van der Waals surface area contributed by atoms with Gasteiger partial charge >= 0.3 is 0 Å². The van der Waals surface area contributed by atoms with Crippen LogP contribution in [-0.2, 0) is 11.3 Å². The van der Waals surface area contributed by atoms with Crippen LogP contribution < -0.4 is 10.1 Å². The first-order valence-electron chi connectivity index (χ1n) is 10.5. The third-order valence-corrected chi connectivity index (χ3v) is 5.60. The molecular weight excluding hydrogens is 393 g/mol. The van der Waals surface area contributed by atoms with Gasteiger partial charge in [0.1, 0.15) is 18.2 Å². The van der Waals surface area contributed by atoms with E-state index in [0.29, 0.717) is 6.54 Å². The lowest BCUT2D eigenvalue weighted by atomic mass is 10.1.